The van der Waals surface area contributed by atoms with Crippen molar-refractivity contribution in [3.63, 3.8) is 0 Å². The Kier molecular flexibility index (Phi) is 8.44. The Morgan fingerprint density at radius 1 is 1.07 bits per heavy atom. The van der Waals surface area contributed by atoms with Crippen LogP contribution in [-0.4, -0.2) is 51.8 Å². The van der Waals surface area contributed by atoms with Gasteiger partial charge in [0.05, 0.1) is 13.5 Å². The van der Waals surface area contributed by atoms with Gasteiger partial charge >= 0.3 is 11.9 Å². The first kappa shape index (κ1) is 23.4. The molecule has 2 rings (SSSR count). The number of amides is 2. The zero-order chi connectivity index (χ0) is 22.1. The zero-order valence-electron chi connectivity index (χ0n) is 17.1. The Morgan fingerprint density at radius 2 is 1.73 bits per heavy atom. The Bertz CT molecular complexity index is 901. The molecule has 2 aromatic carbocycles. The molecule has 8 heteroatoms. The van der Waals surface area contributed by atoms with E-state index in [1.165, 1.54) is 6.92 Å². The molecule has 1 unspecified atom stereocenters. The molecule has 0 aliphatic rings. The van der Waals surface area contributed by atoms with Gasteiger partial charge in [-0.05, 0) is 42.5 Å². The topological polar surface area (TPSA) is 104 Å². The number of quaternary nitrogens is 1. The lowest BCUT2D eigenvalue weighted by molar-refractivity contribution is -0.841. The number of phenolic OH excluding ortho intramolecular Hbond substituents is 1. The summed E-state index contributed by atoms with van der Waals surface area (Å²) in [6.45, 7) is 1.24. The van der Waals surface area contributed by atoms with Crippen LogP contribution >= 0.6 is 11.8 Å². The second kappa shape index (κ2) is 10.8. The van der Waals surface area contributed by atoms with E-state index in [1.54, 1.807) is 55.2 Å². The standard InChI is InChI=1S/C22H26N2O5S/c1-16(25)23-20-7-4-3-6-17(20)14-24(2,15-22(28)29)21(27)8-5-13-30-19-11-9-18(26)10-12-19/h3-4,6-7,9-12H,5,8,13-15H2,1-2H3,(H2-,23,25,26,28,29)/p+1. The maximum atomic E-state index is 13.0. The minimum atomic E-state index is -1.05. The molecule has 2 amide bonds. The van der Waals surface area contributed by atoms with E-state index < -0.39 is 5.97 Å². The summed E-state index contributed by atoms with van der Waals surface area (Å²) in [5.41, 5.74) is 1.29. The first-order valence-corrected chi connectivity index (χ1v) is 10.6. The number of hydrogen-bond acceptors (Lipinski definition) is 5. The minimum absolute atomic E-state index is 0.165. The summed E-state index contributed by atoms with van der Waals surface area (Å²) in [4.78, 5) is 36.9. The fourth-order valence-corrected chi connectivity index (χ4v) is 3.96. The van der Waals surface area contributed by atoms with Crippen molar-refractivity contribution >= 4 is 35.2 Å². The molecule has 0 fully saturated rings. The van der Waals surface area contributed by atoms with Crippen LogP contribution in [-0.2, 0) is 20.9 Å². The molecule has 0 saturated carbocycles. The third-order valence-electron chi connectivity index (χ3n) is 4.57. The second-order valence-electron chi connectivity index (χ2n) is 7.28. The number of nitrogens with one attached hydrogen (secondary N) is 1. The van der Waals surface area contributed by atoms with Crippen LogP contribution in [0.15, 0.2) is 53.4 Å². The molecule has 0 spiro atoms. The van der Waals surface area contributed by atoms with Gasteiger partial charge in [-0.2, -0.15) is 0 Å². The first-order valence-electron chi connectivity index (χ1n) is 9.57. The van der Waals surface area contributed by atoms with Crippen LogP contribution in [0, 0.1) is 0 Å². The Hall–Kier alpha value is -2.84. The van der Waals surface area contributed by atoms with E-state index in [0.717, 1.165) is 4.90 Å². The van der Waals surface area contributed by atoms with Gasteiger partial charge in [-0.3, -0.25) is 4.79 Å². The van der Waals surface area contributed by atoms with Crippen molar-refractivity contribution in [3.05, 3.63) is 54.1 Å². The van der Waals surface area contributed by atoms with Crippen molar-refractivity contribution in [1.29, 1.82) is 0 Å². The average molecular weight is 432 g/mol. The fourth-order valence-electron chi connectivity index (χ4n) is 3.10. The number of phenols is 1. The van der Waals surface area contributed by atoms with Crippen molar-refractivity contribution in [2.45, 2.75) is 31.2 Å². The lowest BCUT2D eigenvalue weighted by atomic mass is 10.1. The molecule has 0 aromatic heterocycles. The molecular weight excluding hydrogens is 404 g/mol. The molecular formula is C22H27N2O5S+. The maximum Gasteiger partial charge on any atom is 0.359 e. The molecule has 0 saturated heterocycles. The van der Waals surface area contributed by atoms with Gasteiger partial charge in [0.1, 0.15) is 12.3 Å². The highest BCUT2D eigenvalue weighted by molar-refractivity contribution is 7.99. The number of carboxylic acids is 1. The Balaban J connectivity index is 2.04. The lowest BCUT2D eigenvalue weighted by Gasteiger charge is -2.31. The molecule has 7 nitrogen and oxygen atoms in total. The van der Waals surface area contributed by atoms with Crippen LogP contribution in [0.5, 0.6) is 5.75 Å². The van der Waals surface area contributed by atoms with Crippen LogP contribution in [0.1, 0.15) is 25.3 Å². The van der Waals surface area contributed by atoms with E-state index >= 15 is 0 Å². The molecule has 0 aliphatic heterocycles. The number of anilines is 1. The summed E-state index contributed by atoms with van der Waals surface area (Å²) >= 11 is 1.57. The first-order chi connectivity index (χ1) is 14.2. The van der Waals surface area contributed by atoms with E-state index in [9.17, 15) is 24.6 Å². The smallest absolute Gasteiger partial charge is 0.359 e. The number of para-hydroxylation sites is 1. The second-order valence-corrected chi connectivity index (χ2v) is 8.45. The van der Waals surface area contributed by atoms with Crippen LogP contribution in [0.3, 0.4) is 0 Å². The quantitative estimate of drug-likeness (QED) is 0.302. The highest BCUT2D eigenvalue weighted by atomic mass is 32.2. The number of carboxylic acid groups (broad SMARTS) is 1. The van der Waals surface area contributed by atoms with Gasteiger partial charge in [0, 0.05) is 23.1 Å². The summed E-state index contributed by atoms with van der Waals surface area (Å²) in [5.74, 6) is -0.544. The number of aromatic hydroxyl groups is 1. The number of carbonyl (C=O) groups is 3. The van der Waals surface area contributed by atoms with Gasteiger partial charge < -0.3 is 15.5 Å². The van der Waals surface area contributed by atoms with Crippen molar-refractivity contribution in [3.8, 4) is 5.75 Å². The van der Waals surface area contributed by atoms with Crippen molar-refractivity contribution in [2.24, 2.45) is 0 Å². The Morgan fingerprint density at radius 3 is 2.37 bits per heavy atom. The molecule has 3 N–H and O–H groups in total. The molecule has 30 heavy (non-hydrogen) atoms. The number of aliphatic carboxylic acids is 1. The number of hydrogen-bond donors (Lipinski definition) is 3. The number of likely N-dealkylation sites (N-methyl/N-ethyl adjacent to an activating group) is 1. The predicted octanol–water partition coefficient (Wildman–Crippen LogP) is 3.48. The highest BCUT2D eigenvalue weighted by Crippen LogP contribution is 2.24. The Labute approximate surface area is 180 Å². The van der Waals surface area contributed by atoms with Crippen molar-refractivity contribution in [2.75, 3.05) is 24.7 Å². The minimum Gasteiger partial charge on any atom is -0.508 e. The van der Waals surface area contributed by atoms with Gasteiger partial charge in [-0.1, -0.05) is 18.2 Å². The molecule has 160 valence electrons. The van der Waals surface area contributed by atoms with Gasteiger partial charge in [-0.15, -0.1) is 11.8 Å². The maximum absolute atomic E-state index is 13.0. The average Bonchev–Trinajstić information content (AvgIpc) is 2.67. The predicted molar refractivity (Wildman–Crippen MR) is 116 cm³/mol. The summed E-state index contributed by atoms with van der Waals surface area (Å²) in [6, 6.07) is 13.9. The highest BCUT2D eigenvalue weighted by Gasteiger charge is 2.34. The van der Waals surface area contributed by atoms with E-state index in [2.05, 4.69) is 5.32 Å². The normalized spacial score (nSPS) is 12.7. The molecule has 0 aliphatic carbocycles. The zero-order valence-corrected chi connectivity index (χ0v) is 17.9. The van der Waals surface area contributed by atoms with Crippen LogP contribution in [0.25, 0.3) is 0 Å². The molecule has 0 heterocycles. The molecule has 1 atom stereocenters. The summed E-state index contributed by atoms with van der Waals surface area (Å²) in [6.07, 6.45) is 0.850. The third-order valence-corrected chi connectivity index (χ3v) is 5.67. The third kappa shape index (κ3) is 7.20. The molecule has 0 radical (unpaired) electrons. The fraction of sp³-hybridized carbons (Fsp3) is 0.318. The van der Waals surface area contributed by atoms with Gasteiger partial charge in [0.15, 0.2) is 6.54 Å². The molecule has 2 aromatic rings. The SMILES string of the molecule is CC(=O)Nc1ccccc1C[N+](C)(CC(=O)O)C(=O)CCCSc1ccc(O)cc1. The van der Waals surface area contributed by atoms with Crippen LogP contribution in [0.2, 0.25) is 0 Å². The van der Waals surface area contributed by atoms with E-state index in [0.29, 0.717) is 23.4 Å². The van der Waals surface area contributed by atoms with E-state index in [-0.39, 0.29) is 41.6 Å². The number of thioether (sulfide) groups is 1. The van der Waals surface area contributed by atoms with E-state index in [1.807, 2.05) is 12.1 Å². The summed E-state index contributed by atoms with van der Waals surface area (Å²) in [5, 5.41) is 21.4. The number of nitrogens with zero attached hydrogens (tertiary/aromatic N) is 1. The summed E-state index contributed by atoms with van der Waals surface area (Å²) < 4.78 is -0.282. The van der Waals surface area contributed by atoms with E-state index in [4.69, 9.17) is 0 Å². The van der Waals surface area contributed by atoms with Crippen LogP contribution in [0.4, 0.5) is 5.69 Å². The number of carbonyl (C=O) groups excluding carboxylic acids is 2. The van der Waals surface area contributed by atoms with Crippen molar-refractivity contribution < 1.29 is 29.1 Å². The lowest BCUT2D eigenvalue weighted by Crippen LogP contribution is -2.51. The number of rotatable bonds is 10. The monoisotopic (exact) mass is 431 g/mol. The van der Waals surface area contributed by atoms with Gasteiger partial charge in [-0.25, -0.2) is 14.1 Å². The van der Waals surface area contributed by atoms with Crippen LogP contribution < -0.4 is 5.32 Å². The van der Waals surface area contributed by atoms with Crippen molar-refractivity contribution in [1.82, 2.24) is 0 Å². The summed E-state index contributed by atoms with van der Waals surface area (Å²) in [7, 11) is 1.62. The molecule has 0 bridgehead atoms. The van der Waals surface area contributed by atoms with Gasteiger partial charge in [0.2, 0.25) is 5.91 Å². The number of benzene rings is 2. The largest absolute Gasteiger partial charge is 0.508 e. The van der Waals surface area contributed by atoms with Gasteiger partial charge in [0.25, 0.3) is 0 Å².